The maximum absolute atomic E-state index is 12.9. The molecule has 4 rings (SSSR count). The topological polar surface area (TPSA) is 102 Å². The number of urea groups is 1. The highest BCUT2D eigenvalue weighted by atomic mass is 16.5. The van der Waals surface area contributed by atoms with Crippen LogP contribution in [0.25, 0.3) is 6.08 Å². The molecule has 8 heteroatoms. The fourth-order valence-corrected chi connectivity index (χ4v) is 4.03. The van der Waals surface area contributed by atoms with Crippen LogP contribution in [0.5, 0.6) is 0 Å². The molecule has 1 spiro atoms. The summed E-state index contributed by atoms with van der Waals surface area (Å²) in [6, 6.07) is 7.60. The lowest BCUT2D eigenvalue weighted by Gasteiger charge is -2.37. The van der Waals surface area contributed by atoms with E-state index >= 15 is 0 Å². The number of benzene rings is 1. The minimum absolute atomic E-state index is 0.0443. The predicted octanol–water partition coefficient (Wildman–Crippen LogP) is 1.50. The summed E-state index contributed by atoms with van der Waals surface area (Å²) in [6.07, 6.45) is 6.38. The number of likely N-dealkylation sites (tertiary alicyclic amines) is 1. The second-order valence-electron chi connectivity index (χ2n) is 8.20. The molecule has 2 heterocycles. The van der Waals surface area contributed by atoms with Crippen molar-refractivity contribution in [1.82, 2.24) is 20.6 Å². The molecule has 2 saturated heterocycles. The van der Waals surface area contributed by atoms with Gasteiger partial charge < -0.3 is 5.32 Å². The molecule has 3 aliphatic rings. The molecule has 1 saturated carbocycles. The average molecular weight is 398 g/mol. The zero-order chi connectivity index (χ0) is 20.4. The van der Waals surface area contributed by atoms with Crippen LogP contribution in [0.1, 0.15) is 36.8 Å². The van der Waals surface area contributed by atoms with E-state index in [1.54, 1.807) is 11.6 Å². The van der Waals surface area contributed by atoms with Gasteiger partial charge in [-0.15, -0.1) is 0 Å². The van der Waals surface area contributed by atoms with Gasteiger partial charge in [-0.1, -0.05) is 24.3 Å². The van der Waals surface area contributed by atoms with Crippen LogP contribution < -0.4 is 10.8 Å². The van der Waals surface area contributed by atoms with Gasteiger partial charge in [-0.3, -0.25) is 24.6 Å². The molecule has 1 aromatic carbocycles. The van der Waals surface area contributed by atoms with Crippen LogP contribution in [0.4, 0.5) is 4.79 Å². The summed E-state index contributed by atoms with van der Waals surface area (Å²) in [4.78, 5) is 39.9. The standard InChI is InChI=1S/C21H26N4O4/c26-18(23-29)8-7-15-1-3-16(4-2-15)13-24-11-9-21(10-12-24)19(27)25(20(28)22-21)14-17-5-6-17/h1-4,7-8,17,29H,5-6,9-14H2,(H,22,28)(H,23,26). The van der Waals surface area contributed by atoms with E-state index in [1.165, 1.54) is 11.0 Å². The van der Waals surface area contributed by atoms with Gasteiger partial charge in [0.25, 0.3) is 11.8 Å². The van der Waals surface area contributed by atoms with E-state index in [0.29, 0.717) is 25.3 Å². The normalized spacial score (nSPS) is 21.8. The number of carbonyl (C=O) groups is 3. The summed E-state index contributed by atoms with van der Waals surface area (Å²) in [5, 5.41) is 11.5. The van der Waals surface area contributed by atoms with Gasteiger partial charge in [-0.05, 0) is 48.8 Å². The molecule has 2 aliphatic heterocycles. The molecule has 4 amide bonds. The predicted molar refractivity (Wildman–Crippen MR) is 106 cm³/mol. The van der Waals surface area contributed by atoms with Crippen molar-refractivity contribution in [3.05, 3.63) is 41.5 Å². The Kier molecular flexibility index (Phi) is 5.38. The Morgan fingerprint density at radius 1 is 1.21 bits per heavy atom. The molecule has 0 bridgehead atoms. The molecule has 8 nitrogen and oxygen atoms in total. The van der Waals surface area contributed by atoms with E-state index in [2.05, 4.69) is 10.2 Å². The van der Waals surface area contributed by atoms with E-state index in [9.17, 15) is 14.4 Å². The van der Waals surface area contributed by atoms with E-state index in [4.69, 9.17) is 5.21 Å². The minimum Gasteiger partial charge on any atom is -0.323 e. The number of hydroxylamine groups is 1. The fraction of sp³-hybridized carbons (Fsp3) is 0.476. The van der Waals surface area contributed by atoms with Crippen molar-refractivity contribution < 1.29 is 19.6 Å². The molecule has 1 aliphatic carbocycles. The van der Waals surface area contributed by atoms with Gasteiger partial charge >= 0.3 is 6.03 Å². The highest BCUT2D eigenvalue weighted by Gasteiger charge is 2.52. The van der Waals surface area contributed by atoms with Crippen molar-refractivity contribution in [2.75, 3.05) is 19.6 Å². The van der Waals surface area contributed by atoms with Gasteiger partial charge in [0.1, 0.15) is 5.54 Å². The summed E-state index contributed by atoms with van der Waals surface area (Å²) in [5.41, 5.74) is 2.85. The van der Waals surface area contributed by atoms with Gasteiger partial charge in [0.15, 0.2) is 0 Å². The van der Waals surface area contributed by atoms with Crippen molar-refractivity contribution in [2.45, 2.75) is 37.8 Å². The lowest BCUT2D eigenvalue weighted by Crippen LogP contribution is -2.54. The zero-order valence-electron chi connectivity index (χ0n) is 16.3. The molecular formula is C21H26N4O4. The Morgan fingerprint density at radius 3 is 2.52 bits per heavy atom. The van der Waals surface area contributed by atoms with Crippen LogP contribution >= 0.6 is 0 Å². The molecule has 0 aromatic heterocycles. The Hall–Kier alpha value is -2.71. The third-order valence-electron chi connectivity index (χ3n) is 6.02. The van der Waals surface area contributed by atoms with Crippen LogP contribution in [-0.2, 0) is 16.1 Å². The summed E-state index contributed by atoms with van der Waals surface area (Å²) >= 11 is 0. The molecule has 3 N–H and O–H groups in total. The first-order valence-electron chi connectivity index (χ1n) is 10.1. The van der Waals surface area contributed by atoms with E-state index < -0.39 is 11.4 Å². The third-order valence-corrected chi connectivity index (χ3v) is 6.02. The first kappa shape index (κ1) is 19.6. The van der Waals surface area contributed by atoms with E-state index in [0.717, 1.165) is 43.6 Å². The largest absolute Gasteiger partial charge is 0.325 e. The summed E-state index contributed by atoms with van der Waals surface area (Å²) in [5.74, 6) is -0.117. The van der Waals surface area contributed by atoms with Crippen LogP contribution in [-0.4, -0.2) is 58.0 Å². The van der Waals surface area contributed by atoms with Crippen molar-refractivity contribution >= 4 is 23.9 Å². The second kappa shape index (κ2) is 7.96. The second-order valence-corrected chi connectivity index (χ2v) is 8.20. The molecule has 1 aromatic rings. The minimum atomic E-state index is -0.718. The summed E-state index contributed by atoms with van der Waals surface area (Å²) in [6.45, 7) is 2.84. The monoisotopic (exact) mass is 398 g/mol. The quantitative estimate of drug-likeness (QED) is 0.292. The van der Waals surface area contributed by atoms with Crippen LogP contribution in [0.2, 0.25) is 0 Å². The molecule has 29 heavy (non-hydrogen) atoms. The number of nitrogens with zero attached hydrogens (tertiary/aromatic N) is 2. The van der Waals surface area contributed by atoms with Gasteiger partial charge in [-0.25, -0.2) is 10.3 Å². The number of rotatable bonds is 6. The average Bonchev–Trinajstić information content (AvgIpc) is 3.53. The Labute approximate surface area is 169 Å². The Balaban J connectivity index is 1.31. The highest BCUT2D eigenvalue weighted by Crippen LogP contribution is 2.35. The summed E-state index contributed by atoms with van der Waals surface area (Å²) in [7, 11) is 0. The molecular weight excluding hydrogens is 372 g/mol. The molecule has 0 atom stereocenters. The maximum atomic E-state index is 12.9. The number of piperidine rings is 1. The number of hydrogen-bond donors (Lipinski definition) is 3. The maximum Gasteiger partial charge on any atom is 0.325 e. The van der Waals surface area contributed by atoms with E-state index in [1.807, 2.05) is 24.3 Å². The first-order valence-corrected chi connectivity index (χ1v) is 10.1. The fourth-order valence-electron chi connectivity index (χ4n) is 4.03. The number of amides is 4. The zero-order valence-corrected chi connectivity index (χ0v) is 16.3. The van der Waals surface area contributed by atoms with Crippen LogP contribution in [0.3, 0.4) is 0 Å². The smallest absolute Gasteiger partial charge is 0.323 e. The Morgan fingerprint density at radius 2 is 1.90 bits per heavy atom. The highest BCUT2D eigenvalue weighted by molar-refractivity contribution is 6.07. The third kappa shape index (κ3) is 4.33. The van der Waals surface area contributed by atoms with Crippen molar-refractivity contribution in [2.24, 2.45) is 5.92 Å². The first-order chi connectivity index (χ1) is 14.0. The molecule has 0 unspecified atom stereocenters. The molecule has 0 radical (unpaired) electrons. The molecule has 154 valence electrons. The SMILES string of the molecule is O=C(C=Cc1ccc(CN2CCC3(CC2)NC(=O)N(CC2CC2)C3=O)cc1)NO. The Bertz CT molecular complexity index is 824. The van der Waals surface area contributed by atoms with Crippen molar-refractivity contribution in [3.63, 3.8) is 0 Å². The summed E-state index contributed by atoms with van der Waals surface area (Å²) < 4.78 is 0. The lowest BCUT2D eigenvalue weighted by molar-refractivity contribution is -0.133. The van der Waals surface area contributed by atoms with E-state index in [-0.39, 0.29) is 11.9 Å². The van der Waals surface area contributed by atoms with Crippen LogP contribution in [0.15, 0.2) is 30.3 Å². The lowest BCUT2D eigenvalue weighted by atomic mass is 9.87. The van der Waals surface area contributed by atoms with Gasteiger partial charge in [-0.2, -0.15) is 0 Å². The number of carbonyl (C=O) groups excluding carboxylic acids is 3. The van der Waals surface area contributed by atoms with Crippen molar-refractivity contribution in [3.8, 4) is 0 Å². The number of hydrogen-bond acceptors (Lipinski definition) is 5. The van der Waals surface area contributed by atoms with Crippen molar-refractivity contribution in [1.29, 1.82) is 0 Å². The number of nitrogens with one attached hydrogen (secondary N) is 2. The molecule has 3 fully saturated rings. The van der Waals surface area contributed by atoms with Crippen LogP contribution in [0, 0.1) is 5.92 Å². The van der Waals surface area contributed by atoms with Gasteiger partial charge in [0.05, 0.1) is 0 Å². The van der Waals surface area contributed by atoms with Gasteiger partial charge in [0, 0.05) is 32.3 Å². The van der Waals surface area contributed by atoms with Gasteiger partial charge in [0.2, 0.25) is 0 Å². The number of imide groups is 1.